The van der Waals surface area contributed by atoms with Gasteiger partial charge in [0.05, 0.1) is 0 Å². The normalized spacial score (nSPS) is 10.1. The summed E-state index contributed by atoms with van der Waals surface area (Å²) in [7, 11) is 0. The first-order valence-corrected chi connectivity index (χ1v) is 5.34. The first kappa shape index (κ1) is 11.1. The molecule has 16 heavy (non-hydrogen) atoms. The Kier molecular flexibility index (Phi) is 3.22. The third-order valence-corrected chi connectivity index (χ3v) is 2.54. The molecule has 0 saturated heterocycles. The molecule has 2 rings (SSSR count). The lowest BCUT2D eigenvalue weighted by Gasteiger charge is -2.01. The molecule has 0 unspecified atom stereocenters. The number of aromatic nitrogens is 1. The van der Waals surface area contributed by atoms with Crippen molar-refractivity contribution in [1.82, 2.24) is 4.98 Å². The SMILES string of the molecule is O=C(c1ccc(Cl)nc1)c1cccc(Cl)c1. The second-order valence-electron chi connectivity index (χ2n) is 3.21. The molecule has 0 aliphatic heterocycles. The maximum Gasteiger partial charge on any atom is 0.194 e. The van der Waals surface area contributed by atoms with E-state index in [4.69, 9.17) is 23.2 Å². The van der Waals surface area contributed by atoms with Crippen LogP contribution in [-0.4, -0.2) is 10.8 Å². The van der Waals surface area contributed by atoms with Crippen LogP contribution in [0.25, 0.3) is 0 Å². The van der Waals surface area contributed by atoms with Gasteiger partial charge in [-0.3, -0.25) is 4.79 Å². The van der Waals surface area contributed by atoms with Crippen molar-refractivity contribution in [2.24, 2.45) is 0 Å². The standard InChI is InChI=1S/C12H7Cl2NO/c13-10-3-1-2-8(6-10)12(16)9-4-5-11(14)15-7-9/h1-7H. The molecular formula is C12H7Cl2NO. The predicted octanol–water partition coefficient (Wildman–Crippen LogP) is 3.62. The number of hydrogen-bond donors (Lipinski definition) is 0. The van der Waals surface area contributed by atoms with E-state index in [2.05, 4.69) is 4.98 Å². The van der Waals surface area contributed by atoms with Crippen molar-refractivity contribution in [1.29, 1.82) is 0 Å². The highest BCUT2D eigenvalue weighted by atomic mass is 35.5. The van der Waals surface area contributed by atoms with E-state index in [1.54, 1.807) is 36.4 Å². The Labute approximate surface area is 103 Å². The number of carbonyl (C=O) groups is 1. The number of pyridine rings is 1. The summed E-state index contributed by atoms with van der Waals surface area (Å²) in [6.07, 6.45) is 1.45. The highest BCUT2D eigenvalue weighted by Gasteiger charge is 2.09. The van der Waals surface area contributed by atoms with E-state index in [0.29, 0.717) is 21.3 Å². The van der Waals surface area contributed by atoms with Crippen LogP contribution in [0.3, 0.4) is 0 Å². The van der Waals surface area contributed by atoms with Gasteiger partial charge in [0, 0.05) is 22.3 Å². The Balaban J connectivity index is 2.35. The fourth-order valence-corrected chi connectivity index (χ4v) is 1.61. The van der Waals surface area contributed by atoms with Crippen LogP contribution >= 0.6 is 23.2 Å². The van der Waals surface area contributed by atoms with E-state index < -0.39 is 0 Å². The quantitative estimate of drug-likeness (QED) is 0.603. The minimum absolute atomic E-state index is 0.119. The number of carbonyl (C=O) groups excluding carboxylic acids is 1. The first-order chi connectivity index (χ1) is 7.66. The molecule has 0 aliphatic rings. The molecule has 2 nitrogen and oxygen atoms in total. The van der Waals surface area contributed by atoms with Crippen molar-refractivity contribution in [3.8, 4) is 0 Å². The van der Waals surface area contributed by atoms with E-state index >= 15 is 0 Å². The van der Waals surface area contributed by atoms with Gasteiger partial charge < -0.3 is 0 Å². The molecule has 2 aromatic rings. The highest BCUT2D eigenvalue weighted by molar-refractivity contribution is 6.31. The smallest absolute Gasteiger partial charge is 0.194 e. The summed E-state index contributed by atoms with van der Waals surface area (Å²) in [5.41, 5.74) is 1.03. The number of rotatable bonds is 2. The van der Waals surface area contributed by atoms with E-state index in [1.165, 1.54) is 6.20 Å². The van der Waals surface area contributed by atoms with Gasteiger partial charge in [-0.25, -0.2) is 4.98 Å². The second kappa shape index (κ2) is 4.64. The van der Waals surface area contributed by atoms with Crippen LogP contribution in [0.2, 0.25) is 10.2 Å². The third kappa shape index (κ3) is 2.40. The van der Waals surface area contributed by atoms with Crippen LogP contribution in [0.5, 0.6) is 0 Å². The monoisotopic (exact) mass is 251 g/mol. The van der Waals surface area contributed by atoms with Crippen LogP contribution in [0.4, 0.5) is 0 Å². The first-order valence-electron chi connectivity index (χ1n) is 4.58. The van der Waals surface area contributed by atoms with E-state index in [1.807, 2.05) is 0 Å². The molecule has 80 valence electrons. The van der Waals surface area contributed by atoms with Crippen molar-refractivity contribution in [2.45, 2.75) is 0 Å². The second-order valence-corrected chi connectivity index (χ2v) is 4.03. The minimum Gasteiger partial charge on any atom is -0.289 e. The Morgan fingerprint density at radius 1 is 1.06 bits per heavy atom. The van der Waals surface area contributed by atoms with Gasteiger partial charge in [0.1, 0.15) is 5.15 Å². The van der Waals surface area contributed by atoms with Gasteiger partial charge in [0.25, 0.3) is 0 Å². The third-order valence-electron chi connectivity index (χ3n) is 2.08. The number of ketones is 1. The Morgan fingerprint density at radius 3 is 2.50 bits per heavy atom. The topological polar surface area (TPSA) is 30.0 Å². The lowest BCUT2D eigenvalue weighted by molar-refractivity contribution is 0.103. The van der Waals surface area contributed by atoms with Crippen molar-refractivity contribution in [3.05, 3.63) is 63.9 Å². The number of nitrogens with zero attached hydrogens (tertiary/aromatic N) is 1. The molecule has 0 aliphatic carbocycles. The molecule has 0 radical (unpaired) electrons. The molecular weight excluding hydrogens is 245 g/mol. The molecule has 0 spiro atoms. The van der Waals surface area contributed by atoms with Gasteiger partial charge in [-0.1, -0.05) is 35.3 Å². The lowest BCUT2D eigenvalue weighted by Crippen LogP contribution is -2.01. The van der Waals surface area contributed by atoms with E-state index in [-0.39, 0.29) is 5.78 Å². The molecule has 0 fully saturated rings. The molecule has 0 bridgehead atoms. The summed E-state index contributed by atoms with van der Waals surface area (Å²) < 4.78 is 0. The lowest BCUT2D eigenvalue weighted by atomic mass is 10.1. The average Bonchev–Trinajstić information content (AvgIpc) is 2.29. The number of halogens is 2. The summed E-state index contributed by atoms with van der Waals surface area (Å²) in [5, 5.41) is 0.899. The minimum atomic E-state index is -0.119. The summed E-state index contributed by atoms with van der Waals surface area (Å²) in [4.78, 5) is 15.8. The van der Waals surface area contributed by atoms with Crippen molar-refractivity contribution in [3.63, 3.8) is 0 Å². The summed E-state index contributed by atoms with van der Waals surface area (Å²) >= 11 is 11.5. The fraction of sp³-hybridized carbons (Fsp3) is 0. The zero-order chi connectivity index (χ0) is 11.5. The highest BCUT2D eigenvalue weighted by Crippen LogP contribution is 2.15. The maximum atomic E-state index is 12.0. The predicted molar refractivity (Wildman–Crippen MR) is 64.1 cm³/mol. The van der Waals surface area contributed by atoms with E-state index in [0.717, 1.165) is 0 Å². The molecule has 1 heterocycles. The van der Waals surface area contributed by atoms with Crippen molar-refractivity contribution < 1.29 is 4.79 Å². The zero-order valence-electron chi connectivity index (χ0n) is 8.15. The molecule has 1 aromatic carbocycles. The summed E-state index contributed by atoms with van der Waals surface area (Å²) in [6.45, 7) is 0. The van der Waals surface area contributed by atoms with Crippen LogP contribution in [0, 0.1) is 0 Å². The van der Waals surface area contributed by atoms with Gasteiger partial charge in [-0.15, -0.1) is 0 Å². The van der Waals surface area contributed by atoms with Gasteiger partial charge in [0.15, 0.2) is 5.78 Å². The number of benzene rings is 1. The Hall–Kier alpha value is -1.38. The van der Waals surface area contributed by atoms with Crippen LogP contribution in [-0.2, 0) is 0 Å². The summed E-state index contributed by atoms with van der Waals surface area (Å²) in [6, 6.07) is 10.0. The Bertz CT molecular complexity index is 523. The molecule has 0 amide bonds. The Morgan fingerprint density at radius 2 is 1.88 bits per heavy atom. The van der Waals surface area contributed by atoms with Crippen molar-refractivity contribution >= 4 is 29.0 Å². The van der Waals surface area contributed by atoms with Crippen LogP contribution in [0.1, 0.15) is 15.9 Å². The van der Waals surface area contributed by atoms with Crippen LogP contribution < -0.4 is 0 Å². The molecule has 0 atom stereocenters. The van der Waals surface area contributed by atoms with E-state index in [9.17, 15) is 4.79 Å². The van der Waals surface area contributed by atoms with Gasteiger partial charge >= 0.3 is 0 Å². The van der Waals surface area contributed by atoms with Crippen LogP contribution in [0.15, 0.2) is 42.6 Å². The zero-order valence-corrected chi connectivity index (χ0v) is 9.66. The molecule has 0 saturated carbocycles. The van der Waals surface area contributed by atoms with Gasteiger partial charge in [-0.05, 0) is 24.3 Å². The average molecular weight is 252 g/mol. The van der Waals surface area contributed by atoms with Crippen molar-refractivity contribution in [2.75, 3.05) is 0 Å². The number of hydrogen-bond acceptors (Lipinski definition) is 2. The molecule has 1 aromatic heterocycles. The maximum absolute atomic E-state index is 12.0. The molecule has 4 heteroatoms. The van der Waals surface area contributed by atoms with Gasteiger partial charge in [-0.2, -0.15) is 0 Å². The molecule has 0 N–H and O–H groups in total. The summed E-state index contributed by atoms with van der Waals surface area (Å²) in [5.74, 6) is -0.119. The fourth-order valence-electron chi connectivity index (χ4n) is 1.31. The largest absolute Gasteiger partial charge is 0.289 e. The van der Waals surface area contributed by atoms with Gasteiger partial charge in [0.2, 0.25) is 0 Å².